The van der Waals surface area contributed by atoms with Crippen LogP contribution < -0.4 is 10.7 Å². The Bertz CT molecular complexity index is 1870. The minimum Gasteiger partial charge on any atom is -0.462 e. The molecule has 0 radical (unpaired) electrons. The van der Waals surface area contributed by atoms with Crippen molar-refractivity contribution in [1.29, 1.82) is 0 Å². The number of ether oxygens (including phenoxy) is 2. The zero-order chi connectivity index (χ0) is 31.9. The molecule has 2 N–H and O–H groups in total. The lowest BCUT2D eigenvalue weighted by Gasteiger charge is -2.18. The fourth-order valence-corrected chi connectivity index (χ4v) is 5.16. The van der Waals surface area contributed by atoms with Gasteiger partial charge in [-0.1, -0.05) is 31.4 Å². The minimum atomic E-state index is -4.54. The van der Waals surface area contributed by atoms with Crippen molar-refractivity contribution in [3.05, 3.63) is 90.3 Å². The van der Waals surface area contributed by atoms with Crippen molar-refractivity contribution in [3.8, 4) is 22.5 Å². The summed E-state index contributed by atoms with van der Waals surface area (Å²) in [4.78, 5) is 27.4. The summed E-state index contributed by atoms with van der Waals surface area (Å²) in [6, 6.07) is 17.0. The van der Waals surface area contributed by atoms with Crippen LogP contribution in [0.4, 0.5) is 5.69 Å². The van der Waals surface area contributed by atoms with Gasteiger partial charge in [0.2, 0.25) is 0 Å². The molecule has 0 fully saturated rings. The first-order valence-electron chi connectivity index (χ1n) is 13.9. The van der Waals surface area contributed by atoms with Crippen molar-refractivity contribution in [1.82, 2.24) is 0 Å². The fraction of sp³-hybridized carbons (Fsp3) is 0.242. The minimum absolute atomic E-state index is 0.0803. The van der Waals surface area contributed by atoms with Gasteiger partial charge < -0.3 is 19.2 Å². The van der Waals surface area contributed by atoms with Crippen molar-refractivity contribution in [2.45, 2.75) is 31.6 Å². The standard InChI is InChI=1S/C33H34N2O8S/c1-21(2)32(36)41-17-8-7-15-34-23-11-13-25-28(19-23)43-29-20-24(35-16-18-42-33(37)22(3)4)12-14-26(29)31(25)27-9-5-6-10-30(27)44(38,39)40/h5-6,9-14,19-20,34H,1,3,7-8,15-18H2,2,4H3,(H,38,39,40)/b35-24+. The molecule has 0 atom stereocenters. The van der Waals surface area contributed by atoms with Crippen LogP contribution in [0, 0.1) is 0 Å². The summed E-state index contributed by atoms with van der Waals surface area (Å²) >= 11 is 0. The first kappa shape index (κ1) is 32.2. The van der Waals surface area contributed by atoms with Crippen molar-refractivity contribution >= 4 is 38.7 Å². The highest BCUT2D eigenvalue weighted by atomic mass is 32.2. The van der Waals surface area contributed by atoms with Gasteiger partial charge in [0.15, 0.2) is 0 Å². The molecule has 2 aromatic carbocycles. The molecule has 1 heterocycles. The molecule has 230 valence electrons. The first-order chi connectivity index (χ1) is 21.0. The second-order valence-electron chi connectivity index (χ2n) is 10.2. The molecule has 0 spiro atoms. The third-order valence-corrected chi connectivity index (χ3v) is 7.50. The molecule has 0 amide bonds. The number of benzene rings is 3. The summed E-state index contributed by atoms with van der Waals surface area (Å²) in [5, 5.41) is 4.55. The Labute approximate surface area is 255 Å². The zero-order valence-electron chi connectivity index (χ0n) is 24.6. The normalized spacial score (nSPS) is 11.8. The average molecular weight is 619 g/mol. The summed E-state index contributed by atoms with van der Waals surface area (Å²) in [5.41, 5.74) is 3.42. The number of nitrogens with zero attached hydrogens (tertiary/aromatic N) is 1. The van der Waals surface area contributed by atoms with Gasteiger partial charge >= 0.3 is 11.9 Å². The van der Waals surface area contributed by atoms with E-state index in [1.165, 1.54) is 6.07 Å². The molecule has 0 saturated carbocycles. The summed E-state index contributed by atoms with van der Waals surface area (Å²) in [7, 11) is -4.54. The maximum atomic E-state index is 12.3. The van der Waals surface area contributed by atoms with E-state index >= 15 is 0 Å². The second kappa shape index (κ2) is 14.2. The van der Waals surface area contributed by atoms with Gasteiger partial charge in [0.1, 0.15) is 22.8 Å². The lowest BCUT2D eigenvalue weighted by molar-refractivity contribution is -0.139. The Morgan fingerprint density at radius 3 is 2.32 bits per heavy atom. The van der Waals surface area contributed by atoms with E-state index < -0.39 is 22.1 Å². The van der Waals surface area contributed by atoms with Gasteiger partial charge in [0.05, 0.1) is 18.5 Å². The number of nitrogens with one attached hydrogen (secondary N) is 1. The summed E-state index contributed by atoms with van der Waals surface area (Å²) in [5.74, 6) is -0.456. The molecule has 2 aromatic rings. The van der Waals surface area contributed by atoms with Crippen LogP contribution in [0.3, 0.4) is 0 Å². The SMILES string of the molecule is C=C(C)C(=O)OCCCCNc1ccc2c(-c3ccccc3S(=O)(=O)O)c3cc/c(=N\CCOC(=O)C(=C)C)cc-3oc2c1. The zero-order valence-corrected chi connectivity index (χ0v) is 25.4. The summed E-state index contributed by atoms with van der Waals surface area (Å²) in [6.45, 7) is 11.5. The van der Waals surface area contributed by atoms with Gasteiger partial charge in [-0.3, -0.25) is 9.55 Å². The fourth-order valence-electron chi connectivity index (χ4n) is 4.46. The van der Waals surface area contributed by atoms with Crippen LogP contribution in [-0.2, 0) is 29.2 Å². The van der Waals surface area contributed by atoms with Crippen LogP contribution in [-0.4, -0.2) is 51.2 Å². The average Bonchev–Trinajstić information content (AvgIpc) is 2.98. The Kier molecular flexibility index (Phi) is 10.4. The number of rotatable bonds is 13. The molecular weight excluding hydrogens is 584 g/mol. The van der Waals surface area contributed by atoms with Crippen molar-refractivity contribution in [3.63, 3.8) is 0 Å². The van der Waals surface area contributed by atoms with Crippen LogP contribution >= 0.6 is 0 Å². The van der Waals surface area contributed by atoms with Gasteiger partial charge in [0.25, 0.3) is 10.1 Å². The van der Waals surface area contributed by atoms with E-state index in [-0.39, 0.29) is 18.0 Å². The quantitative estimate of drug-likeness (QED) is 0.0626. The molecule has 10 nitrogen and oxygen atoms in total. The molecule has 1 aliphatic carbocycles. The predicted molar refractivity (Wildman–Crippen MR) is 168 cm³/mol. The second-order valence-corrected chi connectivity index (χ2v) is 11.6. The lowest BCUT2D eigenvalue weighted by Crippen LogP contribution is -2.11. The first-order valence-corrected chi connectivity index (χ1v) is 15.4. The van der Waals surface area contributed by atoms with Crippen molar-refractivity contribution in [2.75, 3.05) is 31.6 Å². The van der Waals surface area contributed by atoms with Crippen LogP contribution in [0.15, 0.2) is 99.3 Å². The van der Waals surface area contributed by atoms with E-state index in [1.54, 1.807) is 50.2 Å². The molecule has 2 aliphatic rings. The number of carbonyl (C=O) groups is 2. The molecule has 11 heteroatoms. The highest BCUT2D eigenvalue weighted by molar-refractivity contribution is 7.86. The Morgan fingerprint density at radius 2 is 1.61 bits per heavy atom. The number of unbranched alkanes of at least 4 members (excludes halogenated alkanes) is 1. The van der Waals surface area contributed by atoms with E-state index in [0.717, 1.165) is 12.1 Å². The lowest BCUT2D eigenvalue weighted by atomic mass is 9.93. The van der Waals surface area contributed by atoms with E-state index in [9.17, 15) is 22.6 Å². The van der Waals surface area contributed by atoms with Gasteiger partial charge in [0, 0.05) is 57.6 Å². The van der Waals surface area contributed by atoms with Gasteiger partial charge in [-0.05, 0) is 57.0 Å². The third kappa shape index (κ3) is 8.00. The molecule has 0 bridgehead atoms. The monoisotopic (exact) mass is 618 g/mol. The molecule has 0 unspecified atom stereocenters. The topological polar surface area (TPSA) is 144 Å². The van der Waals surface area contributed by atoms with E-state index in [2.05, 4.69) is 23.5 Å². The number of hydrogen-bond acceptors (Lipinski definition) is 9. The number of esters is 2. The molecule has 4 rings (SSSR count). The van der Waals surface area contributed by atoms with Crippen molar-refractivity contribution in [2.24, 2.45) is 4.99 Å². The molecular formula is C33H34N2O8S. The Hall–Kier alpha value is -4.74. The molecule has 0 aromatic heterocycles. The Morgan fingerprint density at radius 1 is 0.909 bits per heavy atom. The Balaban J connectivity index is 1.69. The van der Waals surface area contributed by atoms with Gasteiger partial charge in [-0.25, -0.2) is 9.59 Å². The highest BCUT2D eigenvalue weighted by Gasteiger charge is 2.23. The number of fused-ring (bicyclic) bond motifs is 2. The largest absolute Gasteiger partial charge is 0.462 e. The van der Waals surface area contributed by atoms with Gasteiger partial charge in [-0.15, -0.1) is 0 Å². The maximum absolute atomic E-state index is 12.3. The van der Waals surface area contributed by atoms with Crippen LogP contribution in [0.5, 0.6) is 0 Å². The van der Waals surface area contributed by atoms with Crippen LogP contribution in [0.25, 0.3) is 33.4 Å². The molecule has 44 heavy (non-hydrogen) atoms. The van der Waals surface area contributed by atoms with Gasteiger partial charge in [-0.2, -0.15) is 8.42 Å². The van der Waals surface area contributed by atoms with Crippen molar-refractivity contribution < 1.29 is 36.5 Å². The predicted octanol–water partition coefficient (Wildman–Crippen LogP) is 5.78. The molecule has 0 saturated heterocycles. The maximum Gasteiger partial charge on any atom is 0.333 e. The van der Waals surface area contributed by atoms with Crippen LogP contribution in [0.2, 0.25) is 0 Å². The van der Waals surface area contributed by atoms with E-state index in [4.69, 9.17) is 13.9 Å². The summed E-state index contributed by atoms with van der Waals surface area (Å²) < 4.78 is 51.3. The number of anilines is 1. The highest BCUT2D eigenvalue weighted by Crippen LogP contribution is 2.42. The smallest absolute Gasteiger partial charge is 0.333 e. The number of hydrogen-bond donors (Lipinski definition) is 2. The van der Waals surface area contributed by atoms with E-state index in [1.807, 2.05) is 18.2 Å². The summed E-state index contributed by atoms with van der Waals surface area (Å²) in [6.07, 6.45) is 1.42. The van der Waals surface area contributed by atoms with E-state index in [0.29, 0.717) is 69.5 Å². The third-order valence-electron chi connectivity index (χ3n) is 6.59. The van der Waals surface area contributed by atoms with Crippen LogP contribution in [0.1, 0.15) is 26.7 Å². The molecule has 1 aliphatic heterocycles. The number of carbonyl (C=O) groups excluding carboxylic acids is 2.